The van der Waals surface area contributed by atoms with Gasteiger partial charge in [0.15, 0.2) is 5.69 Å². The first-order valence-corrected chi connectivity index (χ1v) is 8.48. The zero-order valence-corrected chi connectivity index (χ0v) is 14.6. The minimum Gasteiger partial charge on any atom is -0.506 e. The van der Waals surface area contributed by atoms with Gasteiger partial charge >= 0.3 is 6.18 Å². The summed E-state index contributed by atoms with van der Waals surface area (Å²) in [5.41, 5.74) is -0.217. The van der Waals surface area contributed by atoms with Gasteiger partial charge in [-0.25, -0.2) is 0 Å². The highest BCUT2D eigenvalue weighted by Crippen LogP contribution is 2.47. The number of halogens is 4. The van der Waals surface area contributed by atoms with Gasteiger partial charge in [-0.2, -0.15) is 18.3 Å². The Morgan fingerprint density at radius 1 is 1.36 bits per heavy atom. The quantitative estimate of drug-likeness (QED) is 0.713. The zero-order chi connectivity index (χ0) is 18.2. The zero-order valence-electron chi connectivity index (χ0n) is 13.0. The molecule has 1 aliphatic carbocycles. The number of anilines is 1. The van der Waals surface area contributed by atoms with E-state index in [0.29, 0.717) is 5.69 Å². The Labute approximate surface area is 150 Å². The molecule has 5 nitrogen and oxygen atoms in total. The van der Waals surface area contributed by atoms with Gasteiger partial charge in [0.05, 0.1) is 22.4 Å². The number of alkyl halides is 3. The first kappa shape index (κ1) is 17.8. The van der Waals surface area contributed by atoms with Crippen LogP contribution in [-0.2, 0) is 17.5 Å². The molecule has 9 heteroatoms. The average Bonchev–Trinajstić information content (AvgIpc) is 3.30. The van der Waals surface area contributed by atoms with Crippen molar-refractivity contribution in [2.24, 2.45) is 0 Å². The van der Waals surface area contributed by atoms with Crippen LogP contribution in [-0.4, -0.2) is 20.8 Å². The van der Waals surface area contributed by atoms with Crippen LogP contribution in [0.25, 0.3) is 0 Å². The van der Waals surface area contributed by atoms with Crippen molar-refractivity contribution in [3.05, 3.63) is 40.1 Å². The molecule has 2 N–H and O–H groups in total. The van der Waals surface area contributed by atoms with Crippen LogP contribution in [0.15, 0.2) is 28.7 Å². The van der Waals surface area contributed by atoms with E-state index in [1.54, 1.807) is 12.1 Å². The molecule has 0 aliphatic heterocycles. The van der Waals surface area contributed by atoms with Crippen LogP contribution < -0.4 is 5.32 Å². The Hall–Kier alpha value is -2.03. The number of para-hydroxylation sites is 2. The fraction of sp³-hybridized carbons (Fsp3) is 0.375. The van der Waals surface area contributed by atoms with Crippen molar-refractivity contribution >= 4 is 27.5 Å². The van der Waals surface area contributed by atoms with E-state index in [2.05, 4.69) is 26.3 Å². The number of phenolic OH excluding ortho intramolecular Hbond substituents is 1. The number of hydrogen-bond donors (Lipinski definition) is 2. The number of carbonyl (C=O) groups excluding carboxylic acids is 1. The molecular formula is C16H15BrF3N3O2. The lowest BCUT2D eigenvalue weighted by molar-refractivity contribution is -0.142. The van der Waals surface area contributed by atoms with Crippen molar-refractivity contribution < 1.29 is 23.1 Å². The maximum Gasteiger partial charge on any atom is 0.436 e. The third kappa shape index (κ3) is 3.97. The first-order valence-electron chi connectivity index (χ1n) is 7.68. The molecule has 0 atom stereocenters. The summed E-state index contributed by atoms with van der Waals surface area (Å²) in [6.45, 7) is 0.0277. The van der Waals surface area contributed by atoms with Crippen molar-refractivity contribution in [1.29, 1.82) is 0 Å². The van der Waals surface area contributed by atoms with Crippen molar-refractivity contribution in [1.82, 2.24) is 9.78 Å². The maximum absolute atomic E-state index is 13.0. The van der Waals surface area contributed by atoms with E-state index in [1.165, 1.54) is 16.8 Å². The molecule has 1 amide bonds. The van der Waals surface area contributed by atoms with Gasteiger partial charge in [0, 0.05) is 12.3 Å². The molecule has 1 aromatic carbocycles. The number of aromatic hydroxyl groups is 1. The molecule has 0 radical (unpaired) electrons. The number of rotatable bonds is 5. The Morgan fingerprint density at radius 2 is 2.04 bits per heavy atom. The number of benzene rings is 1. The van der Waals surface area contributed by atoms with Gasteiger partial charge in [0.2, 0.25) is 5.91 Å². The number of amides is 1. The van der Waals surface area contributed by atoms with E-state index in [9.17, 15) is 23.1 Å². The molecular weight excluding hydrogens is 403 g/mol. The lowest BCUT2D eigenvalue weighted by Crippen LogP contribution is -2.16. The summed E-state index contributed by atoms with van der Waals surface area (Å²) in [6.07, 6.45) is -2.98. The topological polar surface area (TPSA) is 67.2 Å². The minimum atomic E-state index is -4.55. The lowest BCUT2D eigenvalue weighted by Gasteiger charge is -2.09. The van der Waals surface area contributed by atoms with Crippen molar-refractivity contribution in [2.75, 3.05) is 5.32 Å². The number of hydrogen-bond acceptors (Lipinski definition) is 3. The largest absolute Gasteiger partial charge is 0.506 e. The van der Waals surface area contributed by atoms with Crippen LogP contribution in [0.4, 0.5) is 18.9 Å². The summed E-state index contributed by atoms with van der Waals surface area (Å²) in [4.78, 5) is 12.0. The van der Waals surface area contributed by atoms with Crippen LogP contribution in [0.1, 0.15) is 36.6 Å². The van der Waals surface area contributed by atoms with E-state index in [-0.39, 0.29) is 34.8 Å². The van der Waals surface area contributed by atoms with Crippen LogP contribution in [0.5, 0.6) is 5.75 Å². The minimum absolute atomic E-state index is 0.0277. The summed E-state index contributed by atoms with van der Waals surface area (Å²) >= 11 is 3.01. The molecule has 1 aromatic heterocycles. The highest BCUT2D eigenvalue weighted by Gasteiger charge is 2.41. The predicted octanol–water partition coefficient (Wildman–Crippen LogP) is 4.28. The summed E-state index contributed by atoms with van der Waals surface area (Å²) in [7, 11) is 0. The van der Waals surface area contributed by atoms with Gasteiger partial charge in [0.1, 0.15) is 5.75 Å². The number of carbonyl (C=O) groups is 1. The number of aromatic nitrogens is 2. The molecule has 1 aliphatic rings. The van der Waals surface area contributed by atoms with Gasteiger partial charge in [-0.05, 0) is 40.9 Å². The second-order valence-corrected chi connectivity index (χ2v) is 6.65. The molecule has 0 unspecified atom stereocenters. The molecule has 3 rings (SSSR count). The van der Waals surface area contributed by atoms with Crippen LogP contribution in [0.3, 0.4) is 0 Å². The SMILES string of the molecule is O=C(CCn1nc(C(F)(F)F)c(Br)c1C1CC1)Nc1ccccc1O. The predicted molar refractivity (Wildman–Crippen MR) is 88.3 cm³/mol. The average molecular weight is 418 g/mol. The fourth-order valence-electron chi connectivity index (χ4n) is 2.55. The van der Waals surface area contributed by atoms with Crippen molar-refractivity contribution in [2.45, 2.75) is 37.9 Å². The third-order valence-electron chi connectivity index (χ3n) is 3.89. The summed E-state index contributed by atoms with van der Waals surface area (Å²) in [5.74, 6) is -0.446. The van der Waals surface area contributed by atoms with Crippen LogP contribution in [0, 0.1) is 0 Å². The number of nitrogens with zero attached hydrogens (tertiary/aromatic N) is 2. The molecule has 2 aromatic rings. The van der Waals surface area contributed by atoms with Gasteiger partial charge in [0.25, 0.3) is 0 Å². The van der Waals surface area contributed by atoms with Crippen LogP contribution in [0.2, 0.25) is 0 Å². The molecule has 1 saturated carbocycles. The standard InChI is InChI=1S/C16H15BrF3N3O2/c17-13-14(9-5-6-9)23(22-15(13)16(18,19)20)8-7-12(25)21-10-3-1-2-4-11(10)24/h1-4,9,24H,5-8H2,(H,21,25). The highest BCUT2D eigenvalue weighted by molar-refractivity contribution is 9.10. The molecule has 1 heterocycles. The molecule has 134 valence electrons. The Balaban J connectivity index is 1.72. The smallest absolute Gasteiger partial charge is 0.436 e. The molecule has 0 bridgehead atoms. The van der Waals surface area contributed by atoms with Crippen molar-refractivity contribution in [3.63, 3.8) is 0 Å². The number of aryl methyl sites for hydroxylation is 1. The highest BCUT2D eigenvalue weighted by atomic mass is 79.9. The third-order valence-corrected chi connectivity index (χ3v) is 4.67. The summed E-state index contributed by atoms with van der Waals surface area (Å²) in [6, 6.07) is 6.24. The van der Waals surface area contributed by atoms with Gasteiger partial charge in [-0.1, -0.05) is 12.1 Å². The second kappa shape index (κ2) is 6.70. The Bertz CT molecular complexity index is 800. The van der Waals surface area contributed by atoms with Gasteiger partial charge < -0.3 is 10.4 Å². The van der Waals surface area contributed by atoms with E-state index < -0.39 is 17.8 Å². The monoisotopic (exact) mass is 417 g/mol. The van der Waals surface area contributed by atoms with Crippen LogP contribution >= 0.6 is 15.9 Å². The summed E-state index contributed by atoms with van der Waals surface area (Å²) < 4.78 is 40.4. The fourth-order valence-corrected chi connectivity index (χ4v) is 3.38. The lowest BCUT2D eigenvalue weighted by atomic mass is 10.2. The van der Waals surface area contributed by atoms with E-state index in [0.717, 1.165) is 12.8 Å². The first-order chi connectivity index (χ1) is 11.8. The molecule has 0 saturated heterocycles. The van der Waals surface area contributed by atoms with E-state index >= 15 is 0 Å². The number of nitrogens with one attached hydrogen (secondary N) is 1. The van der Waals surface area contributed by atoms with Gasteiger partial charge in [-0.3, -0.25) is 9.48 Å². The maximum atomic E-state index is 13.0. The molecule has 0 spiro atoms. The van der Waals surface area contributed by atoms with Gasteiger partial charge in [-0.15, -0.1) is 0 Å². The Morgan fingerprint density at radius 3 is 2.64 bits per heavy atom. The number of phenols is 1. The molecule has 25 heavy (non-hydrogen) atoms. The second-order valence-electron chi connectivity index (χ2n) is 5.86. The molecule has 1 fully saturated rings. The summed E-state index contributed by atoms with van der Waals surface area (Å²) in [5, 5.41) is 15.8. The van der Waals surface area contributed by atoms with E-state index in [4.69, 9.17) is 0 Å². The Kier molecular flexibility index (Phi) is 4.77. The van der Waals surface area contributed by atoms with E-state index in [1.807, 2.05) is 0 Å². The van der Waals surface area contributed by atoms with Crippen molar-refractivity contribution in [3.8, 4) is 5.75 Å². The normalized spacial score (nSPS) is 14.6.